The largest absolute Gasteiger partial charge is 0.259 e. The van der Waals surface area contributed by atoms with E-state index in [9.17, 15) is 0 Å². The van der Waals surface area contributed by atoms with E-state index in [0.29, 0.717) is 11.6 Å². The molecule has 0 saturated heterocycles. The summed E-state index contributed by atoms with van der Waals surface area (Å²) in [5.74, 6) is 2.80. The molecule has 0 amide bonds. The van der Waals surface area contributed by atoms with E-state index in [1.165, 1.54) is 22.3 Å². The molecule has 5 rings (SSSR count). The molecule has 0 aliphatic carbocycles. The molecule has 158 valence electrons. The number of aryl methyl sites for hydroxylation is 4. The average Bonchev–Trinajstić information content (AvgIpc) is 3.43. The first-order valence-electron chi connectivity index (χ1n) is 10.6. The number of hydrogen-bond donors (Lipinski definition) is 2. The van der Waals surface area contributed by atoms with Gasteiger partial charge >= 0.3 is 0 Å². The fourth-order valence-corrected chi connectivity index (χ4v) is 4.06. The predicted molar refractivity (Wildman–Crippen MR) is 127 cm³/mol. The highest BCUT2D eigenvalue weighted by Crippen LogP contribution is 2.26. The van der Waals surface area contributed by atoms with Crippen molar-refractivity contribution in [3.63, 3.8) is 0 Å². The number of benzene rings is 3. The highest BCUT2D eigenvalue weighted by atomic mass is 15.2. The molecule has 2 N–H and O–H groups in total. The first-order valence-corrected chi connectivity index (χ1v) is 10.6. The minimum absolute atomic E-state index is 0.645. The second-order valence-corrected chi connectivity index (χ2v) is 8.35. The van der Waals surface area contributed by atoms with E-state index in [-0.39, 0.29) is 0 Å². The predicted octanol–water partition coefficient (Wildman–Crippen LogP) is 5.82. The standard InChI is InChI=1S/C26H24N6/c1-15-8-16(2)11-21(10-15)25-27-23(29-31-25)19-6-5-7-20(14-19)24-28-26(32-30-24)22-12-17(3)9-18(4)13-22/h5-14H,1-4H3,(H,27,29,31)(H,28,30,32). The molecule has 0 bridgehead atoms. The summed E-state index contributed by atoms with van der Waals surface area (Å²) < 4.78 is 0. The molecule has 0 aliphatic heterocycles. The zero-order chi connectivity index (χ0) is 22.2. The van der Waals surface area contributed by atoms with Crippen molar-refractivity contribution in [1.82, 2.24) is 30.4 Å². The summed E-state index contributed by atoms with van der Waals surface area (Å²) in [5.41, 5.74) is 8.68. The van der Waals surface area contributed by atoms with E-state index in [4.69, 9.17) is 9.97 Å². The van der Waals surface area contributed by atoms with Gasteiger partial charge in [0, 0.05) is 22.3 Å². The lowest BCUT2D eigenvalue weighted by Gasteiger charge is -2.01. The van der Waals surface area contributed by atoms with Gasteiger partial charge in [0.25, 0.3) is 0 Å². The van der Waals surface area contributed by atoms with Crippen molar-refractivity contribution >= 4 is 0 Å². The molecule has 32 heavy (non-hydrogen) atoms. The van der Waals surface area contributed by atoms with Crippen LogP contribution in [0.25, 0.3) is 45.6 Å². The Bertz CT molecular complexity index is 1280. The first kappa shape index (κ1) is 19.9. The van der Waals surface area contributed by atoms with Crippen molar-refractivity contribution in [1.29, 1.82) is 0 Å². The van der Waals surface area contributed by atoms with Crippen LogP contribution in [0.2, 0.25) is 0 Å². The van der Waals surface area contributed by atoms with Gasteiger partial charge in [0.2, 0.25) is 0 Å². The van der Waals surface area contributed by atoms with Gasteiger partial charge < -0.3 is 0 Å². The molecule has 3 aromatic carbocycles. The van der Waals surface area contributed by atoms with Crippen LogP contribution in [0.3, 0.4) is 0 Å². The molecule has 0 fully saturated rings. The van der Waals surface area contributed by atoms with Crippen LogP contribution in [-0.2, 0) is 0 Å². The Hall–Kier alpha value is -4.06. The Labute approximate surface area is 186 Å². The minimum Gasteiger partial charge on any atom is -0.259 e. The van der Waals surface area contributed by atoms with Crippen LogP contribution in [-0.4, -0.2) is 30.4 Å². The number of hydrogen-bond acceptors (Lipinski definition) is 4. The van der Waals surface area contributed by atoms with Gasteiger partial charge in [-0.15, -0.1) is 0 Å². The molecular formula is C26H24N6. The van der Waals surface area contributed by atoms with E-state index in [1.54, 1.807) is 0 Å². The van der Waals surface area contributed by atoms with Gasteiger partial charge in [0.05, 0.1) is 0 Å². The van der Waals surface area contributed by atoms with Crippen LogP contribution in [0, 0.1) is 27.7 Å². The fraction of sp³-hybridized carbons (Fsp3) is 0.154. The lowest BCUT2D eigenvalue weighted by atomic mass is 10.1. The summed E-state index contributed by atoms with van der Waals surface area (Å²) in [4.78, 5) is 9.45. The number of aromatic nitrogens is 6. The van der Waals surface area contributed by atoms with Crippen LogP contribution in [0.1, 0.15) is 22.3 Å². The Morgan fingerprint density at radius 2 is 0.906 bits per heavy atom. The third-order valence-corrected chi connectivity index (χ3v) is 5.34. The number of rotatable bonds is 4. The van der Waals surface area contributed by atoms with Crippen molar-refractivity contribution in [3.8, 4) is 45.6 Å². The van der Waals surface area contributed by atoms with Gasteiger partial charge in [-0.25, -0.2) is 9.97 Å². The molecule has 0 radical (unpaired) electrons. The molecule has 6 nitrogen and oxygen atoms in total. The summed E-state index contributed by atoms with van der Waals surface area (Å²) in [6.07, 6.45) is 0. The quantitative estimate of drug-likeness (QED) is 0.383. The first-order chi connectivity index (χ1) is 15.4. The van der Waals surface area contributed by atoms with Crippen LogP contribution in [0.15, 0.2) is 60.7 Å². The van der Waals surface area contributed by atoms with Crippen LogP contribution in [0.4, 0.5) is 0 Å². The Morgan fingerprint density at radius 1 is 0.500 bits per heavy atom. The lowest BCUT2D eigenvalue weighted by molar-refractivity contribution is 1.09. The topological polar surface area (TPSA) is 83.1 Å². The second kappa shape index (κ2) is 7.89. The maximum Gasteiger partial charge on any atom is 0.181 e. The molecule has 6 heteroatoms. The molecule has 0 unspecified atom stereocenters. The van der Waals surface area contributed by atoms with Gasteiger partial charge in [-0.1, -0.05) is 52.6 Å². The molecule has 5 aromatic rings. The summed E-state index contributed by atoms with van der Waals surface area (Å²) in [7, 11) is 0. The summed E-state index contributed by atoms with van der Waals surface area (Å²) >= 11 is 0. The van der Waals surface area contributed by atoms with E-state index >= 15 is 0 Å². The van der Waals surface area contributed by atoms with Gasteiger partial charge in [0.15, 0.2) is 23.3 Å². The molecule has 0 spiro atoms. The van der Waals surface area contributed by atoms with E-state index < -0.39 is 0 Å². The van der Waals surface area contributed by atoms with Crippen molar-refractivity contribution < 1.29 is 0 Å². The molecule has 0 aliphatic rings. The molecule has 0 atom stereocenters. The SMILES string of the molecule is Cc1cc(C)cc(-c2nc(-c3cccc(-c4n[nH]c(-c5cc(C)cc(C)c5)n4)c3)n[nH]2)c1. The van der Waals surface area contributed by atoms with Gasteiger partial charge in [-0.2, -0.15) is 10.2 Å². The van der Waals surface area contributed by atoms with Gasteiger partial charge in [0.1, 0.15) is 0 Å². The third kappa shape index (κ3) is 3.95. The van der Waals surface area contributed by atoms with Crippen LogP contribution < -0.4 is 0 Å². The van der Waals surface area contributed by atoms with E-state index in [1.807, 2.05) is 24.3 Å². The van der Waals surface area contributed by atoms with E-state index in [2.05, 4.69) is 84.5 Å². The Balaban J connectivity index is 1.46. The lowest BCUT2D eigenvalue weighted by Crippen LogP contribution is -1.86. The average molecular weight is 421 g/mol. The van der Waals surface area contributed by atoms with Gasteiger partial charge in [-0.3, -0.25) is 10.2 Å². The summed E-state index contributed by atoms with van der Waals surface area (Å²) in [5, 5.41) is 15.0. The second-order valence-electron chi connectivity index (χ2n) is 8.35. The molecule has 2 heterocycles. The summed E-state index contributed by atoms with van der Waals surface area (Å²) in [6, 6.07) is 20.7. The maximum absolute atomic E-state index is 4.72. The van der Waals surface area contributed by atoms with Gasteiger partial charge in [-0.05, 0) is 58.0 Å². The monoisotopic (exact) mass is 420 g/mol. The fourth-order valence-electron chi connectivity index (χ4n) is 4.06. The highest BCUT2D eigenvalue weighted by Gasteiger charge is 2.12. The number of nitrogens with one attached hydrogen (secondary N) is 2. The normalized spacial score (nSPS) is 11.1. The molecule has 2 aromatic heterocycles. The number of nitrogens with zero attached hydrogens (tertiary/aromatic N) is 4. The zero-order valence-corrected chi connectivity index (χ0v) is 18.6. The Kier molecular flexibility index (Phi) is 4.90. The molecule has 0 saturated carbocycles. The van der Waals surface area contributed by atoms with Crippen molar-refractivity contribution in [2.24, 2.45) is 0 Å². The highest BCUT2D eigenvalue weighted by molar-refractivity contribution is 5.69. The number of aromatic amines is 2. The van der Waals surface area contributed by atoms with Crippen LogP contribution in [0.5, 0.6) is 0 Å². The third-order valence-electron chi connectivity index (χ3n) is 5.34. The Morgan fingerprint density at radius 3 is 1.31 bits per heavy atom. The van der Waals surface area contributed by atoms with Crippen molar-refractivity contribution in [3.05, 3.63) is 82.9 Å². The zero-order valence-electron chi connectivity index (χ0n) is 18.6. The van der Waals surface area contributed by atoms with E-state index in [0.717, 1.165) is 33.9 Å². The molecular weight excluding hydrogens is 396 g/mol. The van der Waals surface area contributed by atoms with Crippen LogP contribution >= 0.6 is 0 Å². The maximum atomic E-state index is 4.72. The minimum atomic E-state index is 0.645. The number of H-pyrrole nitrogens is 2. The van der Waals surface area contributed by atoms with Crippen molar-refractivity contribution in [2.75, 3.05) is 0 Å². The smallest absolute Gasteiger partial charge is 0.181 e. The summed E-state index contributed by atoms with van der Waals surface area (Å²) in [6.45, 7) is 8.34. The van der Waals surface area contributed by atoms with Crippen molar-refractivity contribution in [2.45, 2.75) is 27.7 Å².